The Kier molecular flexibility index (Phi) is 6.07. The Hall–Kier alpha value is -4.59. The zero-order chi connectivity index (χ0) is 26.2. The zero-order valence-electron chi connectivity index (χ0n) is 20.9. The van der Waals surface area contributed by atoms with Crippen molar-refractivity contribution in [2.45, 2.75) is 6.42 Å². The van der Waals surface area contributed by atoms with E-state index in [0.29, 0.717) is 36.0 Å². The van der Waals surface area contributed by atoms with Gasteiger partial charge in [0.25, 0.3) is 0 Å². The number of ether oxygens (including phenoxy) is 3. The van der Waals surface area contributed by atoms with Gasteiger partial charge < -0.3 is 23.7 Å². The van der Waals surface area contributed by atoms with E-state index in [-0.39, 0.29) is 24.7 Å². The molecule has 8 nitrogen and oxygen atoms in total. The number of aryl methyl sites for hydroxylation is 1. The Morgan fingerprint density at radius 3 is 2.50 bits per heavy atom. The van der Waals surface area contributed by atoms with E-state index in [2.05, 4.69) is 0 Å². The molecule has 3 heterocycles. The maximum Gasteiger partial charge on any atom is 0.311 e. The number of rotatable bonds is 6. The first-order chi connectivity index (χ1) is 18.5. The van der Waals surface area contributed by atoms with Gasteiger partial charge >= 0.3 is 5.97 Å². The zero-order valence-corrected chi connectivity index (χ0v) is 20.9. The molecule has 0 unspecified atom stereocenters. The van der Waals surface area contributed by atoms with Crippen LogP contribution in [0.3, 0.4) is 0 Å². The van der Waals surface area contributed by atoms with Crippen molar-refractivity contribution in [3.05, 3.63) is 78.4 Å². The molecule has 0 aliphatic carbocycles. The highest BCUT2D eigenvalue weighted by Crippen LogP contribution is 2.36. The first-order valence-electron chi connectivity index (χ1n) is 12.5. The van der Waals surface area contributed by atoms with Crippen LogP contribution in [0.4, 0.5) is 5.69 Å². The summed E-state index contributed by atoms with van der Waals surface area (Å²) in [4.78, 5) is 40.7. The molecule has 0 radical (unpaired) electrons. The second-order valence-corrected chi connectivity index (χ2v) is 9.43. The molecule has 1 atom stereocenters. The molecule has 0 N–H and O–H groups in total. The SMILES string of the molecule is Cn1c(-c2ccccc2)c(C(=O)COC(=O)[C@H]2CC(=O)N(c3ccc4c(c3)OCCO4)C2)c2ccccc21. The molecule has 1 saturated heterocycles. The first-order valence-corrected chi connectivity index (χ1v) is 12.5. The van der Waals surface area contributed by atoms with E-state index in [1.807, 2.05) is 66.2 Å². The van der Waals surface area contributed by atoms with Gasteiger partial charge in [-0.1, -0.05) is 48.5 Å². The molecule has 2 aliphatic heterocycles. The molecule has 0 spiro atoms. The van der Waals surface area contributed by atoms with Gasteiger partial charge in [-0.3, -0.25) is 14.4 Å². The molecular formula is C30H26N2O6. The number of carbonyl (C=O) groups excluding carboxylic acids is 3. The third-order valence-electron chi connectivity index (χ3n) is 7.07. The van der Waals surface area contributed by atoms with E-state index in [0.717, 1.165) is 22.2 Å². The third kappa shape index (κ3) is 4.18. The van der Waals surface area contributed by atoms with Gasteiger partial charge in [0, 0.05) is 42.7 Å². The van der Waals surface area contributed by atoms with Crippen LogP contribution >= 0.6 is 0 Å². The molecule has 1 fully saturated rings. The van der Waals surface area contributed by atoms with Gasteiger partial charge in [-0.25, -0.2) is 0 Å². The van der Waals surface area contributed by atoms with Crippen molar-refractivity contribution in [1.29, 1.82) is 0 Å². The van der Waals surface area contributed by atoms with E-state index >= 15 is 0 Å². The summed E-state index contributed by atoms with van der Waals surface area (Å²) in [5.41, 5.74) is 3.74. The van der Waals surface area contributed by atoms with Gasteiger partial charge in [0.15, 0.2) is 18.1 Å². The highest BCUT2D eigenvalue weighted by atomic mass is 16.6. The maximum atomic E-state index is 13.5. The number of Topliss-reactive ketones (excluding diaryl/α,β-unsaturated/α-hetero) is 1. The fourth-order valence-corrected chi connectivity index (χ4v) is 5.25. The van der Waals surface area contributed by atoms with Gasteiger partial charge in [0.05, 0.1) is 17.2 Å². The lowest BCUT2D eigenvalue weighted by molar-refractivity contribution is -0.147. The van der Waals surface area contributed by atoms with Crippen molar-refractivity contribution in [3.8, 4) is 22.8 Å². The molecule has 38 heavy (non-hydrogen) atoms. The molecule has 192 valence electrons. The summed E-state index contributed by atoms with van der Waals surface area (Å²) >= 11 is 0. The van der Waals surface area contributed by atoms with E-state index in [1.165, 1.54) is 0 Å². The highest BCUT2D eigenvalue weighted by Gasteiger charge is 2.37. The number of carbonyl (C=O) groups is 3. The Labute approximate surface area is 219 Å². The topological polar surface area (TPSA) is 87.1 Å². The normalized spacial score (nSPS) is 16.6. The van der Waals surface area contributed by atoms with Gasteiger partial charge in [-0.2, -0.15) is 0 Å². The Morgan fingerprint density at radius 1 is 0.947 bits per heavy atom. The second-order valence-electron chi connectivity index (χ2n) is 9.43. The van der Waals surface area contributed by atoms with E-state index in [1.54, 1.807) is 23.1 Å². The maximum absolute atomic E-state index is 13.5. The fraction of sp³-hybridized carbons (Fsp3) is 0.233. The summed E-state index contributed by atoms with van der Waals surface area (Å²) in [6, 6.07) is 22.6. The molecule has 1 aromatic heterocycles. The number of anilines is 1. The van der Waals surface area contributed by atoms with Crippen molar-refractivity contribution in [2.24, 2.45) is 13.0 Å². The summed E-state index contributed by atoms with van der Waals surface area (Å²) in [5, 5.41) is 0.802. The second kappa shape index (κ2) is 9.70. The fourth-order valence-electron chi connectivity index (χ4n) is 5.25. The average Bonchev–Trinajstić information content (AvgIpc) is 3.49. The number of ketones is 1. The minimum atomic E-state index is -0.662. The van der Waals surface area contributed by atoms with Crippen LogP contribution in [0.5, 0.6) is 11.5 Å². The number of nitrogens with zero attached hydrogens (tertiary/aromatic N) is 2. The van der Waals surface area contributed by atoms with Crippen molar-refractivity contribution in [2.75, 3.05) is 31.3 Å². The number of amides is 1. The molecule has 1 amide bonds. The molecule has 0 saturated carbocycles. The van der Waals surface area contributed by atoms with Crippen molar-refractivity contribution in [3.63, 3.8) is 0 Å². The average molecular weight is 511 g/mol. The molecular weight excluding hydrogens is 484 g/mol. The summed E-state index contributed by atoms with van der Waals surface area (Å²) in [5.74, 6) is -0.498. The predicted molar refractivity (Wildman–Crippen MR) is 142 cm³/mol. The number of benzene rings is 3. The monoisotopic (exact) mass is 510 g/mol. The van der Waals surface area contributed by atoms with Crippen LogP contribution in [-0.4, -0.2) is 48.6 Å². The van der Waals surface area contributed by atoms with Crippen LogP contribution in [-0.2, 0) is 21.4 Å². The van der Waals surface area contributed by atoms with Crippen LogP contribution in [0, 0.1) is 5.92 Å². The van der Waals surface area contributed by atoms with Crippen molar-refractivity contribution < 1.29 is 28.6 Å². The summed E-state index contributed by atoms with van der Waals surface area (Å²) in [7, 11) is 1.92. The number of hydrogen-bond donors (Lipinski definition) is 0. The minimum Gasteiger partial charge on any atom is -0.486 e. The van der Waals surface area contributed by atoms with Gasteiger partial charge in [0.2, 0.25) is 11.7 Å². The van der Waals surface area contributed by atoms with Gasteiger partial charge in [-0.15, -0.1) is 0 Å². The van der Waals surface area contributed by atoms with Gasteiger partial charge in [-0.05, 0) is 23.8 Å². The Bertz CT molecular complexity index is 1560. The number of esters is 1. The first kappa shape index (κ1) is 23.8. The van der Waals surface area contributed by atoms with Gasteiger partial charge in [0.1, 0.15) is 13.2 Å². The lowest BCUT2D eigenvalue weighted by Gasteiger charge is -2.22. The van der Waals surface area contributed by atoms with Crippen molar-refractivity contribution in [1.82, 2.24) is 4.57 Å². The number of hydrogen-bond acceptors (Lipinski definition) is 6. The van der Waals surface area contributed by atoms with Crippen LogP contribution in [0.1, 0.15) is 16.8 Å². The number of para-hydroxylation sites is 1. The quantitative estimate of drug-likeness (QED) is 0.282. The Morgan fingerprint density at radius 2 is 1.68 bits per heavy atom. The summed E-state index contributed by atoms with van der Waals surface area (Å²) in [6.45, 7) is 0.694. The molecule has 2 aliphatic rings. The predicted octanol–water partition coefficient (Wildman–Crippen LogP) is 4.40. The van der Waals surface area contributed by atoms with E-state index in [4.69, 9.17) is 14.2 Å². The number of fused-ring (bicyclic) bond motifs is 2. The smallest absolute Gasteiger partial charge is 0.311 e. The highest BCUT2D eigenvalue weighted by molar-refractivity contribution is 6.14. The van der Waals surface area contributed by atoms with Crippen LogP contribution in [0.15, 0.2) is 72.8 Å². The Balaban J connectivity index is 1.19. The minimum absolute atomic E-state index is 0.0188. The number of aromatic nitrogens is 1. The molecule has 3 aromatic carbocycles. The molecule has 8 heteroatoms. The molecule has 6 rings (SSSR count). The van der Waals surface area contributed by atoms with Crippen LogP contribution in [0.25, 0.3) is 22.2 Å². The van der Waals surface area contributed by atoms with E-state index < -0.39 is 18.5 Å². The largest absolute Gasteiger partial charge is 0.486 e. The lowest BCUT2D eigenvalue weighted by Crippen LogP contribution is -2.27. The van der Waals surface area contributed by atoms with Crippen molar-refractivity contribution >= 4 is 34.3 Å². The van der Waals surface area contributed by atoms with E-state index in [9.17, 15) is 14.4 Å². The molecule has 0 bridgehead atoms. The van der Waals surface area contributed by atoms with Crippen LogP contribution in [0.2, 0.25) is 0 Å². The lowest BCUT2D eigenvalue weighted by atomic mass is 10.0. The summed E-state index contributed by atoms with van der Waals surface area (Å²) < 4.78 is 18.6. The third-order valence-corrected chi connectivity index (χ3v) is 7.07. The van der Waals surface area contributed by atoms with Crippen LogP contribution < -0.4 is 14.4 Å². The summed E-state index contributed by atoms with van der Waals surface area (Å²) in [6.07, 6.45) is 0.0188. The molecule has 4 aromatic rings. The standard InChI is InChI=1S/C30H26N2O6/c1-31-23-10-6-5-9-22(23)28(29(31)19-7-3-2-4-8-19)24(33)18-38-30(35)20-15-27(34)32(17-20)21-11-12-25-26(16-21)37-14-13-36-25/h2-12,16,20H,13-15,17-18H2,1H3/t20-/m0/s1.